The lowest BCUT2D eigenvalue weighted by molar-refractivity contribution is -0.199. The lowest BCUT2D eigenvalue weighted by Crippen LogP contribution is -2.74. The van der Waals surface area contributed by atoms with Crippen molar-refractivity contribution in [2.24, 2.45) is 22.7 Å². The van der Waals surface area contributed by atoms with Gasteiger partial charge >= 0.3 is 0 Å². The number of benzene rings is 1. The second kappa shape index (κ2) is 9.38. The summed E-state index contributed by atoms with van der Waals surface area (Å²) in [5.41, 5.74) is 2.04. The van der Waals surface area contributed by atoms with Crippen LogP contribution in [0.2, 0.25) is 5.02 Å². The van der Waals surface area contributed by atoms with Gasteiger partial charge in [0.1, 0.15) is 23.6 Å². The summed E-state index contributed by atoms with van der Waals surface area (Å²) in [6, 6.07) is 11.0. The molecule has 1 aromatic heterocycles. The van der Waals surface area contributed by atoms with Crippen LogP contribution in [0.4, 0.5) is 0 Å². The number of nitriles is 1. The van der Waals surface area contributed by atoms with Crippen LogP contribution >= 0.6 is 11.6 Å². The Kier molecular flexibility index (Phi) is 6.49. The first-order valence-electron chi connectivity index (χ1n) is 13.2. The molecule has 5 rings (SSSR count). The summed E-state index contributed by atoms with van der Waals surface area (Å²) < 4.78 is 6.41. The maximum atomic E-state index is 13.5. The minimum absolute atomic E-state index is 0.0225. The van der Waals surface area contributed by atoms with Gasteiger partial charge in [-0.15, -0.1) is 0 Å². The Labute approximate surface area is 225 Å². The molecule has 6 heteroatoms. The number of pyridine rings is 1. The van der Waals surface area contributed by atoms with E-state index in [9.17, 15) is 4.79 Å². The molecular weight excluding hydrogens is 482 g/mol. The highest BCUT2D eigenvalue weighted by Gasteiger charge is 2.67. The molecule has 2 saturated carbocycles. The third kappa shape index (κ3) is 4.49. The van der Waals surface area contributed by atoms with Crippen LogP contribution in [0.1, 0.15) is 87.6 Å². The maximum Gasteiger partial charge on any atom is 0.256 e. The van der Waals surface area contributed by atoms with Crippen molar-refractivity contribution in [1.29, 1.82) is 5.26 Å². The molecule has 2 heterocycles. The number of amides is 1. The fraction of sp³-hybridized carbons (Fsp3) is 0.516. The summed E-state index contributed by atoms with van der Waals surface area (Å²) in [5, 5.41) is 9.53. The number of nitrogens with zero attached hydrogens (tertiary/aromatic N) is 3. The van der Waals surface area contributed by atoms with E-state index in [0.717, 1.165) is 30.1 Å². The lowest BCUT2D eigenvalue weighted by atomic mass is 9.49. The van der Waals surface area contributed by atoms with Crippen molar-refractivity contribution in [3.63, 3.8) is 0 Å². The Balaban J connectivity index is 1.32. The van der Waals surface area contributed by atoms with E-state index in [-0.39, 0.29) is 28.9 Å². The predicted octanol–water partition coefficient (Wildman–Crippen LogP) is 6.62. The van der Waals surface area contributed by atoms with E-state index in [1.54, 1.807) is 18.2 Å². The molecule has 1 aliphatic heterocycles. The first-order valence-corrected chi connectivity index (χ1v) is 13.6. The fourth-order valence-electron chi connectivity index (χ4n) is 7.07. The zero-order chi connectivity index (χ0) is 26.5. The molecule has 1 aromatic carbocycles. The molecule has 0 unspecified atom stereocenters. The van der Waals surface area contributed by atoms with Gasteiger partial charge < -0.3 is 9.64 Å². The molecular formula is C31H34ClN3O2. The van der Waals surface area contributed by atoms with Gasteiger partial charge in [-0.2, -0.15) is 5.26 Å². The van der Waals surface area contributed by atoms with Crippen molar-refractivity contribution < 1.29 is 9.53 Å². The monoisotopic (exact) mass is 515 g/mol. The molecule has 2 aliphatic carbocycles. The predicted molar refractivity (Wildman–Crippen MR) is 144 cm³/mol. The molecule has 0 bridgehead atoms. The molecule has 0 radical (unpaired) electrons. The number of carbonyl (C=O) groups excluding carboxylic acids is 1. The highest BCUT2D eigenvalue weighted by atomic mass is 35.5. The first kappa shape index (κ1) is 25.6. The third-order valence-electron chi connectivity index (χ3n) is 8.59. The smallest absolute Gasteiger partial charge is 0.256 e. The molecule has 2 aromatic rings. The van der Waals surface area contributed by atoms with Crippen molar-refractivity contribution in [2.45, 2.75) is 79.0 Å². The second-order valence-electron chi connectivity index (χ2n) is 12.1. The van der Waals surface area contributed by atoms with Gasteiger partial charge in [0.15, 0.2) is 0 Å². The molecule has 1 amide bonds. The molecule has 0 spiro atoms. The highest BCUT2D eigenvalue weighted by molar-refractivity contribution is 6.31. The van der Waals surface area contributed by atoms with Crippen LogP contribution in [0.25, 0.3) is 0 Å². The van der Waals surface area contributed by atoms with Crippen LogP contribution < -0.4 is 4.74 Å². The molecule has 0 N–H and O–H groups in total. The van der Waals surface area contributed by atoms with Gasteiger partial charge in [-0.05, 0) is 61.8 Å². The van der Waals surface area contributed by atoms with Crippen LogP contribution in [-0.4, -0.2) is 27.9 Å². The van der Waals surface area contributed by atoms with E-state index in [1.165, 1.54) is 12.8 Å². The summed E-state index contributed by atoms with van der Waals surface area (Å²) in [5.74, 6) is 8.62. The molecule has 0 saturated heterocycles. The molecule has 2 fully saturated rings. The minimum atomic E-state index is -0.303. The quantitative estimate of drug-likeness (QED) is 0.431. The third-order valence-corrected chi connectivity index (χ3v) is 8.91. The molecule has 192 valence electrons. The van der Waals surface area contributed by atoms with Crippen molar-refractivity contribution in [3.8, 4) is 23.7 Å². The normalized spacial score (nSPS) is 27.4. The lowest BCUT2D eigenvalue weighted by Gasteiger charge is -2.65. The zero-order valence-corrected chi connectivity index (χ0v) is 23.0. The van der Waals surface area contributed by atoms with Crippen LogP contribution in [0, 0.1) is 45.8 Å². The number of hydrogen-bond acceptors (Lipinski definition) is 4. The summed E-state index contributed by atoms with van der Waals surface area (Å²) in [6.45, 7) is 11.4. The topological polar surface area (TPSA) is 66.2 Å². The molecule has 3 aliphatic rings. The first-order chi connectivity index (χ1) is 17.5. The van der Waals surface area contributed by atoms with Crippen molar-refractivity contribution in [2.75, 3.05) is 0 Å². The Hall–Kier alpha value is -3.02. The van der Waals surface area contributed by atoms with E-state index in [0.29, 0.717) is 34.4 Å². The largest absolute Gasteiger partial charge is 0.489 e. The van der Waals surface area contributed by atoms with E-state index >= 15 is 0 Å². The van der Waals surface area contributed by atoms with Gasteiger partial charge in [0, 0.05) is 28.9 Å². The summed E-state index contributed by atoms with van der Waals surface area (Å²) in [7, 11) is 0. The summed E-state index contributed by atoms with van der Waals surface area (Å²) in [6.07, 6.45) is 4.68. The maximum absolute atomic E-state index is 13.5. The number of ether oxygens (including phenoxy) is 1. The second-order valence-corrected chi connectivity index (χ2v) is 12.6. The van der Waals surface area contributed by atoms with Crippen molar-refractivity contribution in [1.82, 2.24) is 9.88 Å². The van der Waals surface area contributed by atoms with Crippen molar-refractivity contribution in [3.05, 3.63) is 57.9 Å². The van der Waals surface area contributed by atoms with E-state index in [1.807, 2.05) is 17.0 Å². The van der Waals surface area contributed by atoms with Gasteiger partial charge in [-0.25, -0.2) is 4.98 Å². The number of aromatic nitrogens is 1. The Morgan fingerprint density at radius 3 is 2.43 bits per heavy atom. The van der Waals surface area contributed by atoms with Crippen LogP contribution in [0.5, 0.6) is 5.75 Å². The van der Waals surface area contributed by atoms with E-state index in [4.69, 9.17) is 26.6 Å². The molecule has 5 nitrogen and oxygen atoms in total. The van der Waals surface area contributed by atoms with Crippen LogP contribution in [-0.2, 0) is 6.54 Å². The van der Waals surface area contributed by atoms with Gasteiger partial charge in [0.2, 0.25) is 0 Å². The molecule has 37 heavy (non-hydrogen) atoms. The molecule has 0 atom stereocenters. The van der Waals surface area contributed by atoms with E-state index in [2.05, 4.69) is 52.5 Å². The number of carbonyl (C=O) groups is 1. The summed E-state index contributed by atoms with van der Waals surface area (Å²) in [4.78, 5) is 20.3. The van der Waals surface area contributed by atoms with Crippen LogP contribution in [0.3, 0.4) is 0 Å². The van der Waals surface area contributed by atoms with Gasteiger partial charge in [-0.3, -0.25) is 4.79 Å². The van der Waals surface area contributed by atoms with E-state index < -0.39 is 0 Å². The number of halogens is 1. The van der Waals surface area contributed by atoms with Gasteiger partial charge in [0.25, 0.3) is 5.91 Å². The van der Waals surface area contributed by atoms with Crippen molar-refractivity contribution >= 4 is 17.5 Å². The standard InChI is InChI=1S/C31H34ClN3O2/c1-19-6-8-20(9-7-19)10-12-22-13-15-24-26(34-22)18-35(27(24)36)28-30(2,3)29(31(28,4)5)37-23-14-11-21(17-33)25(32)16-23/h11,13-16,19-20,28-29H,6-9,18H2,1-5H3/t19?,20?,28-,29-. The highest BCUT2D eigenvalue weighted by Crippen LogP contribution is 2.59. The van der Waals surface area contributed by atoms with Gasteiger partial charge in [-0.1, -0.05) is 52.1 Å². The Morgan fingerprint density at radius 1 is 1.08 bits per heavy atom. The SMILES string of the molecule is CC1CCC(C#Cc2ccc3c(n2)CN([C@H]2C(C)(C)[C@H](Oc4ccc(C#N)c(Cl)c4)C2(C)C)C3=O)CC1. The summed E-state index contributed by atoms with van der Waals surface area (Å²) >= 11 is 6.23. The number of rotatable bonds is 3. The Bertz CT molecular complexity index is 1320. The average molecular weight is 516 g/mol. The van der Waals surface area contributed by atoms with Crippen LogP contribution in [0.15, 0.2) is 30.3 Å². The zero-order valence-electron chi connectivity index (χ0n) is 22.3. The Morgan fingerprint density at radius 2 is 1.78 bits per heavy atom. The number of fused-ring (bicyclic) bond motifs is 1. The minimum Gasteiger partial charge on any atom is -0.489 e. The average Bonchev–Trinajstić information content (AvgIpc) is 3.16. The van der Waals surface area contributed by atoms with Gasteiger partial charge in [0.05, 0.1) is 28.4 Å². The fourth-order valence-corrected chi connectivity index (χ4v) is 7.29. The number of hydrogen-bond donors (Lipinski definition) is 0.